The zero-order valence-corrected chi connectivity index (χ0v) is 20.4. The quantitative estimate of drug-likeness (QED) is 0.284. The van der Waals surface area contributed by atoms with E-state index in [1.807, 2.05) is 42.5 Å². The van der Waals surface area contributed by atoms with Gasteiger partial charge in [-0.1, -0.05) is 54.6 Å². The molecule has 1 aliphatic carbocycles. The van der Waals surface area contributed by atoms with Crippen LogP contribution in [0.15, 0.2) is 54.6 Å². The molecule has 2 aliphatic rings. The number of amidine groups is 1. The molecule has 0 unspecified atom stereocenters. The molecule has 2 aromatic rings. The molecule has 0 bridgehead atoms. The highest BCUT2D eigenvalue weighted by atomic mass is 16.4. The fourth-order valence-corrected chi connectivity index (χ4v) is 5.34. The molecule has 0 radical (unpaired) electrons. The van der Waals surface area contributed by atoms with Crippen LogP contribution in [-0.2, 0) is 20.8 Å². The number of carboxylic acid groups (broad SMARTS) is 1. The molecule has 2 fully saturated rings. The molecular weight excluding hydrogens is 456 g/mol. The van der Waals surface area contributed by atoms with Crippen molar-refractivity contribution in [1.82, 2.24) is 10.2 Å². The predicted octanol–water partition coefficient (Wildman–Crippen LogP) is 2.91. The van der Waals surface area contributed by atoms with Crippen LogP contribution in [0.5, 0.6) is 0 Å². The van der Waals surface area contributed by atoms with Crippen molar-refractivity contribution in [1.29, 1.82) is 5.41 Å². The monoisotopic (exact) mass is 490 g/mol. The van der Waals surface area contributed by atoms with E-state index >= 15 is 0 Å². The summed E-state index contributed by atoms with van der Waals surface area (Å²) >= 11 is 0. The summed E-state index contributed by atoms with van der Waals surface area (Å²) in [5.74, 6) is -1.36. The Bertz CT molecular complexity index is 1100. The fourth-order valence-electron chi connectivity index (χ4n) is 5.34. The third-order valence-corrected chi connectivity index (χ3v) is 7.47. The lowest BCUT2D eigenvalue weighted by atomic mass is 9.71. The molecule has 2 aromatic carbocycles. The van der Waals surface area contributed by atoms with Gasteiger partial charge in [0, 0.05) is 30.6 Å². The second-order valence-electron chi connectivity index (χ2n) is 9.95. The minimum atomic E-state index is -0.973. The Balaban J connectivity index is 1.28. The zero-order valence-electron chi connectivity index (χ0n) is 20.4. The van der Waals surface area contributed by atoms with Gasteiger partial charge in [-0.15, -0.1) is 0 Å². The van der Waals surface area contributed by atoms with E-state index in [2.05, 4.69) is 17.4 Å². The number of aliphatic carboxylic acids is 1. The Labute approximate surface area is 211 Å². The Kier molecular flexibility index (Phi) is 8.03. The van der Waals surface area contributed by atoms with Gasteiger partial charge in [0.25, 0.3) is 0 Å². The van der Waals surface area contributed by atoms with E-state index in [-0.39, 0.29) is 36.0 Å². The van der Waals surface area contributed by atoms with Crippen molar-refractivity contribution in [3.8, 4) is 0 Å². The molecule has 36 heavy (non-hydrogen) atoms. The predicted molar refractivity (Wildman–Crippen MR) is 137 cm³/mol. The maximum absolute atomic E-state index is 12.9. The summed E-state index contributed by atoms with van der Waals surface area (Å²) in [4.78, 5) is 38.8. The normalized spacial score (nSPS) is 23.2. The molecule has 8 nitrogen and oxygen atoms in total. The number of nitrogens with one attached hydrogen (secondary N) is 2. The van der Waals surface area contributed by atoms with Gasteiger partial charge in [-0.3, -0.25) is 19.8 Å². The highest BCUT2D eigenvalue weighted by molar-refractivity contribution is 5.94. The highest BCUT2D eigenvalue weighted by Gasteiger charge is 2.41. The number of nitrogen functional groups attached to an aromatic ring is 1. The lowest BCUT2D eigenvalue weighted by Crippen LogP contribution is -2.45. The maximum atomic E-state index is 12.9. The summed E-state index contributed by atoms with van der Waals surface area (Å²) < 4.78 is 0. The molecule has 1 aliphatic heterocycles. The number of carbonyl (C=O) groups excluding carboxylic acids is 2. The smallest absolute Gasteiger partial charge is 0.304 e. The maximum Gasteiger partial charge on any atom is 0.304 e. The van der Waals surface area contributed by atoms with Crippen LogP contribution in [0.2, 0.25) is 0 Å². The average molecular weight is 491 g/mol. The Morgan fingerprint density at radius 1 is 1.06 bits per heavy atom. The van der Waals surface area contributed by atoms with Crippen LogP contribution in [0.3, 0.4) is 0 Å². The van der Waals surface area contributed by atoms with Crippen LogP contribution in [0, 0.1) is 17.2 Å². The average Bonchev–Trinajstić information content (AvgIpc) is 3.11. The SMILES string of the molecule is N=C(N)c1ccc(C2CC(C(=O)NC[C@@H]3C[C@@H](CC(=O)O)C(=O)N3CCCc3ccccc3)C2)cc1. The summed E-state index contributed by atoms with van der Waals surface area (Å²) in [6.07, 6.45) is 3.42. The van der Waals surface area contributed by atoms with Gasteiger partial charge >= 0.3 is 5.97 Å². The van der Waals surface area contributed by atoms with Gasteiger partial charge in [-0.2, -0.15) is 0 Å². The summed E-state index contributed by atoms with van der Waals surface area (Å²) in [5.41, 5.74) is 8.55. The van der Waals surface area contributed by atoms with Crippen molar-refractivity contribution in [3.63, 3.8) is 0 Å². The highest BCUT2D eigenvalue weighted by Crippen LogP contribution is 2.41. The summed E-state index contributed by atoms with van der Waals surface area (Å²) in [7, 11) is 0. The molecule has 0 spiro atoms. The van der Waals surface area contributed by atoms with E-state index in [0.29, 0.717) is 31.0 Å². The van der Waals surface area contributed by atoms with Gasteiger partial charge < -0.3 is 21.1 Å². The van der Waals surface area contributed by atoms with E-state index in [1.54, 1.807) is 4.90 Å². The first-order chi connectivity index (χ1) is 17.3. The van der Waals surface area contributed by atoms with Crippen molar-refractivity contribution >= 4 is 23.6 Å². The van der Waals surface area contributed by atoms with Gasteiger partial charge in [-0.05, 0) is 49.1 Å². The van der Waals surface area contributed by atoms with Gasteiger partial charge in [0.05, 0.1) is 12.3 Å². The standard InChI is InChI=1S/C28H34N4O4/c29-26(30)20-10-8-19(9-11-20)21-13-22(14-21)27(35)31-17-24-15-23(16-25(33)34)28(36)32(24)12-4-7-18-5-2-1-3-6-18/h1-3,5-6,8-11,21-24H,4,7,12-17H2,(H3,29,30)(H,31,35)(H,33,34)/t21?,22?,23-,24-/m0/s1. The number of aryl methyl sites for hydroxylation is 1. The number of carboxylic acids is 1. The number of carbonyl (C=O) groups is 3. The molecule has 2 atom stereocenters. The third-order valence-electron chi connectivity index (χ3n) is 7.47. The molecule has 1 saturated heterocycles. The van der Waals surface area contributed by atoms with Crippen LogP contribution in [-0.4, -0.2) is 52.8 Å². The first kappa shape index (κ1) is 25.4. The number of likely N-dealkylation sites (tertiary alicyclic amines) is 1. The molecule has 1 heterocycles. The molecule has 2 amide bonds. The zero-order chi connectivity index (χ0) is 25.7. The Hall–Kier alpha value is -3.68. The molecule has 5 N–H and O–H groups in total. The minimum Gasteiger partial charge on any atom is -0.481 e. The van der Waals surface area contributed by atoms with Crippen molar-refractivity contribution in [2.75, 3.05) is 13.1 Å². The van der Waals surface area contributed by atoms with Crippen LogP contribution in [0.25, 0.3) is 0 Å². The number of amides is 2. The fraction of sp³-hybridized carbons (Fsp3) is 0.429. The molecular formula is C28H34N4O4. The first-order valence-electron chi connectivity index (χ1n) is 12.6. The first-order valence-corrected chi connectivity index (χ1v) is 12.6. The van der Waals surface area contributed by atoms with Gasteiger partial charge in [0.1, 0.15) is 5.84 Å². The summed E-state index contributed by atoms with van der Waals surface area (Å²) in [6.45, 7) is 0.895. The van der Waals surface area contributed by atoms with E-state index in [9.17, 15) is 19.5 Å². The number of rotatable bonds is 11. The number of hydrogen-bond acceptors (Lipinski definition) is 4. The number of hydrogen-bond donors (Lipinski definition) is 4. The Morgan fingerprint density at radius 2 is 1.75 bits per heavy atom. The molecule has 190 valence electrons. The third kappa shape index (κ3) is 6.11. The molecule has 4 rings (SSSR count). The molecule has 1 saturated carbocycles. The van der Waals surface area contributed by atoms with E-state index in [1.165, 1.54) is 5.56 Å². The Morgan fingerprint density at radius 3 is 2.39 bits per heavy atom. The van der Waals surface area contributed by atoms with Gasteiger partial charge in [-0.25, -0.2) is 0 Å². The molecule has 8 heteroatoms. The number of nitrogens with zero attached hydrogens (tertiary/aromatic N) is 1. The molecule has 0 aromatic heterocycles. The second kappa shape index (κ2) is 11.4. The van der Waals surface area contributed by atoms with Crippen LogP contribution >= 0.6 is 0 Å². The van der Waals surface area contributed by atoms with Crippen molar-refractivity contribution in [2.24, 2.45) is 17.6 Å². The van der Waals surface area contributed by atoms with Crippen molar-refractivity contribution in [3.05, 3.63) is 71.3 Å². The second-order valence-corrected chi connectivity index (χ2v) is 9.95. The topological polar surface area (TPSA) is 137 Å². The van der Waals surface area contributed by atoms with Crippen LogP contribution < -0.4 is 11.1 Å². The lowest BCUT2D eigenvalue weighted by Gasteiger charge is -2.35. The van der Waals surface area contributed by atoms with Crippen LogP contribution in [0.4, 0.5) is 0 Å². The van der Waals surface area contributed by atoms with Crippen molar-refractivity contribution < 1.29 is 19.5 Å². The summed E-state index contributed by atoms with van der Waals surface area (Å²) in [5, 5.41) is 19.8. The van der Waals surface area contributed by atoms with E-state index in [4.69, 9.17) is 11.1 Å². The number of nitrogens with two attached hydrogens (primary N) is 1. The van der Waals surface area contributed by atoms with E-state index in [0.717, 1.165) is 31.2 Å². The summed E-state index contributed by atoms with van der Waals surface area (Å²) in [6, 6.07) is 17.5. The van der Waals surface area contributed by atoms with Crippen LogP contribution in [0.1, 0.15) is 54.7 Å². The van der Waals surface area contributed by atoms with Gasteiger partial charge in [0.2, 0.25) is 11.8 Å². The minimum absolute atomic E-state index is 0.00928. The van der Waals surface area contributed by atoms with Gasteiger partial charge in [0.15, 0.2) is 0 Å². The van der Waals surface area contributed by atoms with Crippen molar-refractivity contribution in [2.45, 2.75) is 50.5 Å². The van der Waals surface area contributed by atoms with E-state index < -0.39 is 11.9 Å². The lowest BCUT2D eigenvalue weighted by molar-refractivity contribution is -0.142. The number of benzene rings is 2. The largest absolute Gasteiger partial charge is 0.481 e.